The van der Waals surface area contributed by atoms with Crippen molar-refractivity contribution < 1.29 is 9.59 Å². The van der Waals surface area contributed by atoms with Crippen molar-refractivity contribution in [1.82, 2.24) is 15.1 Å². The minimum Gasteiger partial charge on any atom is -0.353 e. The Labute approximate surface area is 166 Å². The molecule has 5 nitrogen and oxygen atoms in total. The Kier molecular flexibility index (Phi) is 5.72. The predicted octanol–water partition coefficient (Wildman–Crippen LogP) is 2.59. The lowest BCUT2D eigenvalue weighted by atomic mass is 9.96. The van der Waals surface area contributed by atoms with E-state index < -0.39 is 0 Å². The number of piperazine rings is 1. The van der Waals surface area contributed by atoms with Crippen molar-refractivity contribution in [2.24, 2.45) is 0 Å². The fraction of sp³-hybridized carbons (Fsp3) is 0.391. The van der Waals surface area contributed by atoms with Gasteiger partial charge in [0, 0.05) is 45.1 Å². The number of nitrogens with one attached hydrogen (secondary N) is 1. The van der Waals surface area contributed by atoms with Crippen LogP contribution in [0.25, 0.3) is 0 Å². The van der Waals surface area contributed by atoms with Gasteiger partial charge in [-0.3, -0.25) is 14.5 Å². The monoisotopic (exact) mass is 377 g/mol. The van der Waals surface area contributed by atoms with E-state index in [0.29, 0.717) is 12.8 Å². The van der Waals surface area contributed by atoms with Gasteiger partial charge in [0.2, 0.25) is 11.8 Å². The SMILES string of the molecule is O=C1CC[C@H](CC(=O)N2CCN(C(c3ccccc3)c3ccccc3)CC2)N1. The van der Waals surface area contributed by atoms with E-state index in [1.54, 1.807) is 0 Å². The molecule has 4 rings (SSSR count). The van der Waals surface area contributed by atoms with Gasteiger partial charge in [-0.25, -0.2) is 0 Å². The highest BCUT2D eigenvalue weighted by atomic mass is 16.2. The molecule has 2 aromatic carbocycles. The number of rotatable bonds is 5. The molecule has 2 aliphatic heterocycles. The maximum atomic E-state index is 12.6. The van der Waals surface area contributed by atoms with Crippen molar-refractivity contribution in [3.05, 3.63) is 71.8 Å². The normalized spacial score (nSPS) is 20.4. The molecule has 2 amide bonds. The zero-order chi connectivity index (χ0) is 19.3. The van der Waals surface area contributed by atoms with Crippen molar-refractivity contribution in [2.45, 2.75) is 31.3 Å². The van der Waals surface area contributed by atoms with E-state index in [-0.39, 0.29) is 23.9 Å². The van der Waals surface area contributed by atoms with Gasteiger partial charge in [0.15, 0.2) is 0 Å². The van der Waals surface area contributed by atoms with Crippen LogP contribution in [0.3, 0.4) is 0 Å². The second-order valence-electron chi connectivity index (χ2n) is 7.65. The van der Waals surface area contributed by atoms with Crippen LogP contribution in [0.1, 0.15) is 36.4 Å². The zero-order valence-electron chi connectivity index (χ0n) is 16.1. The van der Waals surface area contributed by atoms with E-state index in [9.17, 15) is 9.59 Å². The molecule has 5 heteroatoms. The summed E-state index contributed by atoms with van der Waals surface area (Å²) in [4.78, 5) is 28.4. The summed E-state index contributed by atoms with van der Waals surface area (Å²) in [5, 5.41) is 2.90. The number of benzene rings is 2. The first-order valence-electron chi connectivity index (χ1n) is 10.1. The van der Waals surface area contributed by atoms with Gasteiger partial charge in [0.1, 0.15) is 0 Å². The van der Waals surface area contributed by atoms with Crippen molar-refractivity contribution in [3.63, 3.8) is 0 Å². The number of nitrogens with zero attached hydrogens (tertiary/aromatic N) is 2. The van der Waals surface area contributed by atoms with Crippen LogP contribution in [0.4, 0.5) is 0 Å². The third kappa shape index (κ3) is 4.25. The second-order valence-corrected chi connectivity index (χ2v) is 7.65. The fourth-order valence-electron chi connectivity index (χ4n) is 4.28. The van der Waals surface area contributed by atoms with E-state index >= 15 is 0 Å². The number of amides is 2. The Morgan fingerprint density at radius 1 is 0.929 bits per heavy atom. The molecule has 2 heterocycles. The Hall–Kier alpha value is -2.66. The molecule has 2 aliphatic rings. The van der Waals surface area contributed by atoms with Crippen molar-refractivity contribution >= 4 is 11.8 Å². The lowest BCUT2D eigenvalue weighted by Crippen LogP contribution is -2.50. The lowest BCUT2D eigenvalue weighted by molar-refractivity contribution is -0.133. The van der Waals surface area contributed by atoms with Crippen LogP contribution < -0.4 is 5.32 Å². The lowest BCUT2D eigenvalue weighted by Gasteiger charge is -2.40. The van der Waals surface area contributed by atoms with Crippen molar-refractivity contribution in [2.75, 3.05) is 26.2 Å². The average Bonchev–Trinajstić information content (AvgIpc) is 3.15. The largest absolute Gasteiger partial charge is 0.353 e. The highest BCUT2D eigenvalue weighted by Crippen LogP contribution is 2.29. The maximum absolute atomic E-state index is 12.6. The first kappa shape index (κ1) is 18.7. The molecule has 0 unspecified atom stereocenters. The highest BCUT2D eigenvalue weighted by Gasteiger charge is 2.30. The zero-order valence-corrected chi connectivity index (χ0v) is 16.1. The van der Waals surface area contributed by atoms with Gasteiger partial charge in [0.25, 0.3) is 0 Å². The number of carbonyl (C=O) groups excluding carboxylic acids is 2. The molecule has 1 N–H and O–H groups in total. The van der Waals surface area contributed by atoms with Gasteiger partial charge >= 0.3 is 0 Å². The fourth-order valence-corrected chi connectivity index (χ4v) is 4.28. The molecule has 0 saturated carbocycles. The summed E-state index contributed by atoms with van der Waals surface area (Å²) >= 11 is 0. The Balaban J connectivity index is 1.42. The molecule has 2 saturated heterocycles. The van der Waals surface area contributed by atoms with Gasteiger partial charge in [-0.05, 0) is 17.5 Å². The Morgan fingerprint density at radius 3 is 2.00 bits per heavy atom. The molecule has 2 aromatic rings. The molecule has 28 heavy (non-hydrogen) atoms. The first-order valence-corrected chi connectivity index (χ1v) is 10.1. The molecule has 0 aromatic heterocycles. The summed E-state index contributed by atoms with van der Waals surface area (Å²) in [6.07, 6.45) is 1.74. The Morgan fingerprint density at radius 2 is 1.50 bits per heavy atom. The molecule has 146 valence electrons. The minimum atomic E-state index is 0.0133. The molecule has 0 aliphatic carbocycles. The quantitative estimate of drug-likeness (QED) is 0.871. The van der Waals surface area contributed by atoms with E-state index in [4.69, 9.17) is 0 Å². The van der Waals surface area contributed by atoms with E-state index in [1.165, 1.54) is 11.1 Å². The molecule has 0 bridgehead atoms. The minimum absolute atomic E-state index is 0.0133. The van der Waals surface area contributed by atoms with Crippen LogP contribution in [0.15, 0.2) is 60.7 Å². The van der Waals surface area contributed by atoms with Crippen LogP contribution in [-0.4, -0.2) is 53.8 Å². The summed E-state index contributed by atoms with van der Waals surface area (Å²) in [5.74, 6) is 0.221. The summed E-state index contributed by atoms with van der Waals surface area (Å²) in [6, 6.07) is 21.4. The summed E-state index contributed by atoms with van der Waals surface area (Å²) in [7, 11) is 0. The average molecular weight is 377 g/mol. The maximum Gasteiger partial charge on any atom is 0.224 e. The van der Waals surface area contributed by atoms with Gasteiger partial charge in [-0.15, -0.1) is 0 Å². The van der Waals surface area contributed by atoms with Crippen LogP contribution in [-0.2, 0) is 9.59 Å². The third-order valence-corrected chi connectivity index (χ3v) is 5.77. The summed E-state index contributed by atoms with van der Waals surface area (Å²) in [6.45, 7) is 3.15. The van der Waals surface area contributed by atoms with Crippen LogP contribution in [0.5, 0.6) is 0 Å². The van der Waals surface area contributed by atoms with E-state index in [0.717, 1.165) is 32.6 Å². The number of carbonyl (C=O) groups is 2. The van der Waals surface area contributed by atoms with Crippen molar-refractivity contribution in [1.29, 1.82) is 0 Å². The van der Waals surface area contributed by atoms with Crippen molar-refractivity contribution in [3.8, 4) is 0 Å². The van der Waals surface area contributed by atoms with Gasteiger partial charge in [0.05, 0.1) is 6.04 Å². The molecular formula is C23H27N3O2. The molecule has 1 atom stereocenters. The first-order chi connectivity index (χ1) is 13.7. The van der Waals surface area contributed by atoms with E-state index in [2.05, 4.69) is 58.7 Å². The smallest absolute Gasteiger partial charge is 0.224 e. The highest BCUT2D eigenvalue weighted by molar-refractivity contribution is 5.82. The molecular weight excluding hydrogens is 350 g/mol. The summed E-state index contributed by atoms with van der Waals surface area (Å²) < 4.78 is 0. The second kappa shape index (κ2) is 8.57. The third-order valence-electron chi connectivity index (χ3n) is 5.77. The molecule has 0 radical (unpaired) electrons. The topological polar surface area (TPSA) is 52.7 Å². The van der Waals surface area contributed by atoms with E-state index in [1.807, 2.05) is 17.0 Å². The summed E-state index contributed by atoms with van der Waals surface area (Å²) in [5.41, 5.74) is 2.56. The standard InChI is InChI=1S/C23H27N3O2/c27-21-12-11-20(24-21)17-22(28)25-13-15-26(16-14-25)23(18-7-3-1-4-8-18)19-9-5-2-6-10-19/h1-10,20,23H,11-17H2,(H,24,27)/t20-/m1/s1. The van der Waals surface area contributed by atoms with Crippen LogP contribution in [0, 0.1) is 0 Å². The van der Waals surface area contributed by atoms with Gasteiger partial charge in [-0.2, -0.15) is 0 Å². The number of hydrogen-bond donors (Lipinski definition) is 1. The van der Waals surface area contributed by atoms with Crippen LogP contribution >= 0.6 is 0 Å². The number of hydrogen-bond acceptors (Lipinski definition) is 3. The predicted molar refractivity (Wildman–Crippen MR) is 109 cm³/mol. The van der Waals surface area contributed by atoms with Gasteiger partial charge in [-0.1, -0.05) is 60.7 Å². The van der Waals surface area contributed by atoms with Crippen LogP contribution in [0.2, 0.25) is 0 Å². The van der Waals surface area contributed by atoms with Gasteiger partial charge < -0.3 is 10.2 Å². The molecule has 0 spiro atoms. The molecule has 2 fully saturated rings. The Bertz CT molecular complexity index is 762.